The van der Waals surface area contributed by atoms with E-state index >= 15 is 0 Å². The minimum Gasteiger partial charge on any atom is -0.508 e. The van der Waals surface area contributed by atoms with Crippen molar-refractivity contribution < 1.29 is 13.5 Å². The summed E-state index contributed by atoms with van der Waals surface area (Å²) in [6.45, 7) is 3.58. The summed E-state index contributed by atoms with van der Waals surface area (Å²) in [6.07, 6.45) is 0. The van der Waals surface area contributed by atoms with Crippen molar-refractivity contribution in [2.24, 2.45) is 0 Å². The van der Waals surface area contributed by atoms with E-state index in [0.717, 1.165) is 9.87 Å². The Morgan fingerprint density at radius 3 is 2.19 bits per heavy atom. The van der Waals surface area contributed by atoms with E-state index in [4.69, 9.17) is 5.73 Å². The van der Waals surface area contributed by atoms with Gasteiger partial charge in [-0.05, 0) is 55.3 Å². The minimum absolute atomic E-state index is 0.0794. The molecule has 0 aliphatic carbocycles. The average Bonchev–Trinajstić information content (AvgIpc) is 2.43. The van der Waals surface area contributed by atoms with Crippen LogP contribution in [-0.4, -0.2) is 20.6 Å². The molecule has 0 fully saturated rings. The van der Waals surface area contributed by atoms with Crippen LogP contribution in [0.4, 0.5) is 11.4 Å². The third-order valence-electron chi connectivity index (χ3n) is 3.54. The Labute approximate surface area is 124 Å². The van der Waals surface area contributed by atoms with Gasteiger partial charge < -0.3 is 10.8 Å². The molecule has 0 amide bonds. The second-order valence-corrected chi connectivity index (χ2v) is 6.82. The van der Waals surface area contributed by atoms with Crippen LogP contribution in [-0.2, 0) is 10.0 Å². The van der Waals surface area contributed by atoms with E-state index in [0.29, 0.717) is 11.3 Å². The van der Waals surface area contributed by atoms with E-state index in [9.17, 15) is 13.5 Å². The Kier molecular flexibility index (Phi) is 3.82. The first-order valence-corrected chi connectivity index (χ1v) is 7.83. The minimum atomic E-state index is -3.76. The summed E-state index contributed by atoms with van der Waals surface area (Å²) in [6, 6.07) is 9.34. The van der Waals surface area contributed by atoms with Gasteiger partial charge in [0.05, 0.1) is 11.4 Å². The van der Waals surface area contributed by atoms with Gasteiger partial charge in [0.15, 0.2) is 0 Å². The van der Waals surface area contributed by atoms with Crippen LogP contribution in [0.3, 0.4) is 0 Å². The number of nitrogens with two attached hydrogens (primary N) is 1. The fourth-order valence-electron chi connectivity index (χ4n) is 2.09. The molecule has 2 aromatic rings. The fourth-order valence-corrected chi connectivity index (χ4v) is 3.68. The highest BCUT2D eigenvalue weighted by Crippen LogP contribution is 2.30. The molecule has 3 N–H and O–H groups in total. The maximum absolute atomic E-state index is 12.8. The van der Waals surface area contributed by atoms with Crippen molar-refractivity contribution in [3.05, 3.63) is 47.5 Å². The summed E-state index contributed by atoms with van der Waals surface area (Å²) in [5.74, 6) is 0.0794. The van der Waals surface area contributed by atoms with E-state index in [1.54, 1.807) is 19.1 Å². The van der Waals surface area contributed by atoms with Crippen LogP contribution in [0.25, 0.3) is 0 Å². The molecule has 2 aromatic carbocycles. The van der Waals surface area contributed by atoms with Gasteiger partial charge >= 0.3 is 0 Å². The Hall–Kier alpha value is -2.21. The number of hydrogen-bond donors (Lipinski definition) is 2. The van der Waals surface area contributed by atoms with Crippen LogP contribution in [0.1, 0.15) is 11.1 Å². The number of nitrogens with zero attached hydrogens (tertiary/aromatic N) is 1. The average molecular weight is 306 g/mol. The van der Waals surface area contributed by atoms with Gasteiger partial charge in [-0.3, -0.25) is 4.31 Å². The summed E-state index contributed by atoms with van der Waals surface area (Å²) in [5, 5.41) is 9.29. The summed E-state index contributed by atoms with van der Waals surface area (Å²) in [7, 11) is -2.30. The lowest BCUT2D eigenvalue weighted by Gasteiger charge is -2.22. The zero-order chi connectivity index (χ0) is 15.8. The number of sulfonamides is 1. The first-order valence-electron chi connectivity index (χ1n) is 6.39. The molecule has 0 radical (unpaired) electrons. The lowest BCUT2D eigenvalue weighted by molar-refractivity contribution is 0.475. The second kappa shape index (κ2) is 5.29. The number of nitrogen functional groups attached to an aromatic ring is 1. The lowest BCUT2D eigenvalue weighted by Crippen LogP contribution is -2.28. The number of aryl methyl sites for hydroxylation is 1. The fraction of sp³-hybridized carbons (Fsp3) is 0.200. The molecule has 0 spiro atoms. The molecule has 0 saturated carbocycles. The molecule has 0 aliphatic heterocycles. The summed E-state index contributed by atoms with van der Waals surface area (Å²) < 4.78 is 26.7. The molecular weight excluding hydrogens is 288 g/mol. The maximum Gasteiger partial charge on any atom is 0.266 e. The molecule has 0 saturated heterocycles. The van der Waals surface area contributed by atoms with Crippen LogP contribution in [0.2, 0.25) is 0 Å². The predicted octanol–water partition coefficient (Wildman–Crippen LogP) is 2.42. The second-order valence-electron chi connectivity index (χ2n) is 4.91. The van der Waals surface area contributed by atoms with Crippen molar-refractivity contribution in [2.45, 2.75) is 18.7 Å². The van der Waals surface area contributed by atoms with Crippen molar-refractivity contribution >= 4 is 21.4 Å². The van der Waals surface area contributed by atoms with Crippen LogP contribution in [0, 0.1) is 13.8 Å². The van der Waals surface area contributed by atoms with Crippen molar-refractivity contribution in [1.29, 1.82) is 0 Å². The van der Waals surface area contributed by atoms with Gasteiger partial charge in [0.2, 0.25) is 0 Å². The number of phenolic OH excluding ortho intramolecular Hbond substituents is 1. The quantitative estimate of drug-likeness (QED) is 0.853. The molecule has 0 atom stereocenters. The van der Waals surface area contributed by atoms with E-state index in [-0.39, 0.29) is 16.3 Å². The van der Waals surface area contributed by atoms with Gasteiger partial charge in [-0.25, -0.2) is 8.42 Å². The Morgan fingerprint density at radius 2 is 1.62 bits per heavy atom. The SMILES string of the molecule is Cc1ccc(N)c(S(=O)(=O)N(C)c2ccc(O)cc2)c1C. The molecule has 0 bridgehead atoms. The number of benzene rings is 2. The van der Waals surface area contributed by atoms with Crippen molar-refractivity contribution in [3.8, 4) is 5.75 Å². The third kappa shape index (κ3) is 2.67. The molecule has 2 rings (SSSR count). The van der Waals surface area contributed by atoms with Crippen LogP contribution >= 0.6 is 0 Å². The number of phenols is 1. The molecule has 0 unspecified atom stereocenters. The van der Waals surface area contributed by atoms with Crippen molar-refractivity contribution in [1.82, 2.24) is 0 Å². The van der Waals surface area contributed by atoms with Gasteiger partial charge in [-0.1, -0.05) is 6.07 Å². The zero-order valence-corrected chi connectivity index (χ0v) is 13.0. The lowest BCUT2D eigenvalue weighted by atomic mass is 10.1. The van der Waals surface area contributed by atoms with E-state index in [1.807, 2.05) is 6.92 Å². The largest absolute Gasteiger partial charge is 0.508 e. The molecule has 5 nitrogen and oxygen atoms in total. The standard InChI is InChI=1S/C15H18N2O3S/c1-10-4-9-14(16)15(11(10)2)21(19,20)17(3)12-5-7-13(18)8-6-12/h4-9,18H,16H2,1-3H3. The molecule has 0 heterocycles. The third-order valence-corrected chi connectivity index (χ3v) is 5.53. The smallest absolute Gasteiger partial charge is 0.266 e. The molecule has 112 valence electrons. The van der Waals surface area contributed by atoms with Gasteiger partial charge in [-0.2, -0.15) is 0 Å². The summed E-state index contributed by atoms with van der Waals surface area (Å²) in [5.41, 5.74) is 8.05. The highest BCUT2D eigenvalue weighted by atomic mass is 32.2. The predicted molar refractivity (Wildman–Crippen MR) is 84.0 cm³/mol. The number of hydrogen-bond acceptors (Lipinski definition) is 4. The number of aromatic hydroxyl groups is 1. The number of anilines is 2. The zero-order valence-electron chi connectivity index (χ0n) is 12.2. The maximum atomic E-state index is 12.8. The van der Waals surface area contributed by atoms with Gasteiger partial charge in [0.25, 0.3) is 10.0 Å². The van der Waals surface area contributed by atoms with Crippen LogP contribution < -0.4 is 10.0 Å². The Bertz CT molecular complexity index is 768. The Balaban J connectivity index is 2.57. The summed E-state index contributed by atoms with van der Waals surface area (Å²) in [4.78, 5) is 0.123. The van der Waals surface area contributed by atoms with Gasteiger partial charge in [-0.15, -0.1) is 0 Å². The first kappa shape index (κ1) is 15.2. The topological polar surface area (TPSA) is 83.6 Å². The highest BCUT2D eigenvalue weighted by molar-refractivity contribution is 7.93. The van der Waals surface area contributed by atoms with Crippen LogP contribution in [0.15, 0.2) is 41.3 Å². The van der Waals surface area contributed by atoms with E-state index in [2.05, 4.69) is 0 Å². The molecular formula is C15H18N2O3S. The Morgan fingerprint density at radius 1 is 1.05 bits per heavy atom. The number of rotatable bonds is 3. The van der Waals surface area contributed by atoms with Crippen molar-refractivity contribution in [3.63, 3.8) is 0 Å². The summed E-state index contributed by atoms with van der Waals surface area (Å²) >= 11 is 0. The molecule has 6 heteroatoms. The molecule has 0 aliphatic rings. The molecule has 21 heavy (non-hydrogen) atoms. The first-order chi connectivity index (χ1) is 9.75. The van der Waals surface area contributed by atoms with E-state index < -0.39 is 10.0 Å². The van der Waals surface area contributed by atoms with Crippen molar-refractivity contribution in [2.75, 3.05) is 17.1 Å². The van der Waals surface area contributed by atoms with Crippen LogP contribution in [0.5, 0.6) is 5.75 Å². The van der Waals surface area contributed by atoms with Gasteiger partial charge in [0, 0.05) is 7.05 Å². The monoisotopic (exact) mass is 306 g/mol. The van der Waals surface area contributed by atoms with Gasteiger partial charge in [0.1, 0.15) is 10.6 Å². The van der Waals surface area contributed by atoms with E-state index in [1.165, 1.54) is 31.3 Å². The molecule has 0 aromatic heterocycles. The normalized spacial score (nSPS) is 11.4. The highest BCUT2D eigenvalue weighted by Gasteiger charge is 2.26.